The van der Waals surface area contributed by atoms with Gasteiger partial charge in [-0.2, -0.15) is 0 Å². The van der Waals surface area contributed by atoms with Gasteiger partial charge in [0.05, 0.1) is 11.3 Å². The number of carbonyl (C=O) groups is 3. The first-order valence-electron chi connectivity index (χ1n) is 12.6. The molecule has 0 radical (unpaired) electrons. The Morgan fingerprint density at radius 3 is 2.56 bits per heavy atom. The van der Waals surface area contributed by atoms with E-state index in [1.54, 1.807) is 10.4 Å². The highest BCUT2D eigenvalue weighted by Crippen LogP contribution is 2.46. The molecule has 36 heavy (non-hydrogen) atoms. The molecule has 8 heteroatoms. The minimum atomic E-state index is -0.959. The molecule has 0 saturated carbocycles. The highest BCUT2D eigenvalue weighted by atomic mass is 19.1. The van der Waals surface area contributed by atoms with E-state index in [1.807, 2.05) is 49.1 Å². The number of hydrogen-bond donors (Lipinski definition) is 2. The Bertz CT molecular complexity index is 1120. The monoisotopic (exact) mass is 495 g/mol. The molecule has 1 fully saturated rings. The second-order valence-corrected chi connectivity index (χ2v) is 10.4. The smallest absolute Gasteiger partial charge is 0.254 e. The number of carbonyl (C=O) groups excluding carboxylic acids is 3. The summed E-state index contributed by atoms with van der Waals surface area (Å²) in [6.45, 7) is 5.62. The molecule has 0 bridgehead atoms. The van der Waals surface area contributed by atoms with Gasteiger partial charge in [-0.3, -0.25) is 19.6 Å². The number of amides is 3. The van der Waals surface area contributed by atoms with E-state index in [-0.39, 0.29) is 37.2 Å². The molecule has 2 N–H and O–H groups in total. The van der Waals surface area contributed by atoms with Crippen molar-refractivity contribution in [1.29, 1.82) is 0 Å². The van der Waals surface area contributed by atoms with Crippen LogP contribution in [0.1, 0.15) is 54.6 Å². The fraction of sp³-hybridized carbons (Fsp3) is 0.464. The van der Waals surface area contributed by atoms with Gasteiger partial charge in [-0.1, -0.05) is 44.2 Å². The Kier molecular flexibility index (Phi) is 7.73. The van der Waals surface area contributed by atoms with Gasteiger partial charge in [0.1, 0.15) is 5.82 Å². The Labute approximate surface area is 211 Å². The number of nitrogens with one attached hydrogen (secondary N) is 1. The number of hydrogen-bond acceptors (Lipinski definition) is 4. The zero-order valence-electron chi connectivity index (χ0n) is 20.9. The maximum absolute atomic E-state index is 13.9. The second kappa shape index (κ2) is 10.8. The minimum Gasteiger partial charge on any atom is -0.342 e. The molecule has 2 unspecified atom stereocenters. The van der Waals surface area contributed by atoms with Crippen molar-refractivity contribution in [1.82, 2.24) is 15.3 Å². The van der Waals surface area contributed by atoms with Crippen LogP contribution in [0, 0.1) is 23.1 Å². The number of halogens is 1. The lowest BCUT2D eigenvalue weighted by molar-refractivity contribution is -0.150. The summed E-state index contributed by atoms with van der Waals surface area (Å²) in [5.74, 6) is -1.94. The minimum absolute atomic E-state index is 0.0705. The Morgan fingerprint density at radius 2 is 1.86 bits per heavy atom. The first-order chi connectivity index (χ1) is 17.2. The summed E-state index contributed by atoms with van der Waals surface area (Å²) < 4.78 is 13.7. The quantitative estimate of drug-likeness (QED) is 0.388. The number of fused-ring (bicyclic) bond motifs is 1. The van der Waals surface area contributed by atoms with Crippen LogP contribution >= 0.6 is 0 Å². The van der Waals surface area contributed by atoms with Gasteiger partial charge in [0.15, 0.2) is 0 Å². The topological polar surface area (TPSA) is 89.9 Å². The third kappa shape index (κ3) is 5.14. The van der Waals surface area contributed by atoms with E-state index >= 15 is 0 Å². The summed E-state index contributed by atoms with van der Waals surface area (Å²) >= 11 is 0. The molecule has 2 aliphatic heterocycles. The predicted molar refractivity (Wildman–Crippen MR) is 132 cm³/mol. The standard InChI is InChI=1S/C28H34FN3O4/c1-19(2)17-28(12-15-31(27(28)35)13-10-20-6-4-3-5-7-20)24(25(33)30-36)11-14-32-18-21-16-22(29)8-9-23(21)26(32)34/h3-9,16,19,24,36H,10-15,17-18H2,1-2H3,(H,30,33). The van der Waals surface area contributed by atoms with Gasteiger partial charge in [-0.05, 0) is 60.9 Å². The lowest BCUT2D eigenvalue weighted by atomic mass is 9.67. The summed E-state index contributed by atoms with van der Waals surface area (Å²) in [6.07, 6.45) is 1.96. The Balaban J connectivity index is 1.52. The SMILES string of the molecule is CC(C)CC1(C(CCN2Cc3cc(F)ccc3C2=O)C(=O)NO)CCN(CCc2ccccc2)C1=O. The van der Waals surface area contributed by atoms with Crippen molar-refractivity contribution in [3.63, 3.8) is 0 Å². The molecule has 2 atom stereocenters. The summed E-state index contributed by atoms with van der Waals surface area (Å²) in [5.41, 5.74) is 3.04. The lowest BCUT2D eigenvalue weighted by Gasteiger charge is -2.37. The maximum atomic E-state index is 13.9. The molecule has 2 aromatic rings. The third-order valence-corrected chi connectivity index (χ3v) is 7.55. The van der Waals surface area contributed by atoms with Gasteiger partial charge in [0.25, 0.3) is 5.91 Å². The normalized spacial score (nSPS) is 20.2. The number of likely N-dealkylation sites (tertiary alicyclic amines) is 1. The van der Waals surface area contributed by atoms with Crippen molar-refractivity contribution in [2.45, 2.75) is 46.1 Å². The van der Waals surface area contributed by atoms with Gasteiger partial charge in [0, 0.05) is 31.7 Å². The van der Waals surface area contributed by atoms with Crippen LogP contribution in [0.25, 0.3) is 0 Å². The first-order valence-corrected chi connectivity index (χ1v) is 12.6. The fourth-order valence-corrected chi connectivity index (χ4v) is 5.91. The first kappa shape index (κ1) is 25.8. The number of benzene rings is 2. The highest BCUT2D eigenvalue weighted by molar-refractivity contribution is 5.98. The van der Waals surface area contributed by atoms with E-state index in [0.717, 1.165) is 12.0 Å². The Morgan fingerprint density at radius 1 is 1.11 bits per heavy atom. The van der Waals surface area contributed by atoms with Gasteiger partial charge in [-0.15, -0.1) is 0 Å². The van der Waals surface area contributed by atoms with Crippen molar-refractivity contribution in [3.05, 3.63) is 71.0 Å². The second-order valence-electron chi connectivity index (χ2n) is 10.4. The summed E-state index contributed by atoms with van der Waals surface area (Å²) in [6, 6.07) is 14.1. The van der Waals surface area contributed by atoms with Crippen LogP contribution in [0.2, 0.25) is 0 Å². The number of hydroxylamine groups is 1. The van der Waals surface area contributed by atoms with Gasteiger partial charge >= 0.3 is 0 Å². The molecule has 7 nitrogen and oxygen atoms in total. The molecular formula is C28H34FN3O4. The van der Waals surface area contributed by atoms with Gasteiger partial charge in [-0.25, -0.2) is 9.87 Å². The van der Waals surface area contributed by atoms with E-state index < -0.39 is 23.1 Å². The van der Waals surface area contributed by atoms with Crippen LogP contribution in [0.15, 0.2) is 48.5 Å². The van der Waals surface area contributed by atoms with Crippen molar-refractivity contribution in [2.75, 3.05) is 19.6 Å². The summed E-state index contributed by atoms with van der Waals surface area (Å²) in [7, 11) is 0. The highest BCUT2D eigenvalue weighted by Gasteiger charge is 2.54. The zero-order valence-corrected chi connectivity index (χ0v) is 20.9. The van der Waals surface area contributed by atoms with Crippen molar-refractivity contribution in [3.8, 4) is 0 Å². The van der Waals surface area contributed by atoms with Crippen LogP contribution in [-0.4, -0.2) is 52.4 Å². The predicted octanol–water partition coefficient (Wildman–Crippen LogP) is 3.80. The van der Waals surface area contributed by atoms with E-state index in [9.17, 15) is 24.0 Å². The maximum Gasteiger partial charge on any atom is 0.254 e. The molecule has 4 rings (SSSR count). The average molecular weight is 496 g/mol. The van der Waals surface area contributed by atoms with E-state index in [1.165, 1.54) is 18.2 Å². The van der Waals surface area contributed by atoms with Crippen molar-refractivity contribution < 1.29 is 24.0 Å². The average Bonchev–Trinajstić information content (AvgIpc) is 3.34. The van der Waals surface area contributed by atoms with E-state index in [2.05, 4.69) is 0 Å². The molecule has 2 aliphatic rings. The van der Waals surface area contributed by atoms with Crippen LogP contribution in [-0.2, 0) is 22.6 Å². The summed E-state index contributed by atoms with van der Waals surface area (Å²) in [5, 5.41) is 9.59. The molecule has 2 aromatic carbocycles. The van der Waals surface area contributed by atoms with Crippen LogP contribution in [0.3, 0.4) is 0 Å². The largest absolute Gasteiger partial charge is 0.342 e. The number of nitrogens with zero attached hydrogens (tertiary/aromatic N) is 2. The molecule has 0 aliphatic carbocycles. The van der Waals surface area contributed by atoms with Gasteiger partial charge < -0.3 is 9.80 Å². The third-order valence-electron chi connectivity index (χ3n) is 7.55. The molecule has 192 valence electrons. The van der Waals surface area contributed by atoms with Crippen LogP contribution in [0.5, 0.6) is 0 Å². The molecular weight excluding hydrogens is 461 g/mol. The van der Waals surface area contributed by atoms with Crippen molar-refractivity contribution >= 4 is 17.7 Å². The molecule has 1 saturated heterocycles. The van der Waals surface area contributed by atoms with Crippen LogP contribution < -0.4 is 5.48 Å². The molecule has 3 amide bonds. The summed E-state index contributed by atoms with van der Waals surface area (Å²) in [4.78, 5) is 43.1. The van der Waals surface area contributed by atoms with E-state index in [4.69, 9.17) is 0 Å². The van der Waals surface area contributed by atoms with Crippen LogP contribution in [0.4, 0.5) is 4.39 Å². The fourth-order valence-electron chi connectivity index (χ4n) is 5.91. The molecule has 0 spiro atoms. The molecule has 2 heterocycles. The lowest BCUT2D eigenvalue weighted by Crippen LogP contribution is -2.48. The van der Waals surface area contributed by atoms with Gasteiger partial charge in [0.2, 0.25) is 11.8 Å². The van der Waals surface area contributed by atoms with E-state index in [0.29, 0.717) is 37.1 Å². The Hall–Kier alpha value is -3.26. The molecule has 0 aromatic heterocycles. The number of rotatable bonds is 10. The zero-order chi connectivity index (χ0) is 25.9. The van der Waals surface area contributed by atoms with Crippen molar-refractivity contribution in [2.24, 2.45) is 17.3 Å².